The van der Waals surface area contributed by atoms with Crippen molar-refractivity contribution in [2.24, 2.45) is 17.3 Å². The van der Waals surface area contributed by atoms with Gasteiger partial charge in [0.2, 0.25) is 0 Å². The molecule has 0 saturated heterocycles. The lowest BCUT2D eigenvalue weighted by Crippen LogP contribution is -2.40. The molecule has 4 rings (SSSR count). The van der Waals surface area contributed by atoms with E-state index in [2.05, 4.69) is 13.5 Å². The molecule has 0 aromatic heterocycles. The normalized spacial score (nSPS) is 35.4. The van der Waals surface area contributed by atoms with Crippen LogP contribution in [0.3, 0.4) is 0 Å². The molecular weight excluding hydrogens is 287 g/mol. The van der Waals surface area contributed by atoms with Crippen LogP contribution in [-0.4, -0.2) is 6.61 Å². The summed E-state index contributed by atoms with van der Waals surface area (Å²) in [6.07, 6.45) is 7.16. The van der Waals surface area contributed by atoms with E-state index in [0.29, 0.717) is 23.7 Å². The summed E-state index contributed by atoms with van der Waals surface area (Å²) in [7, 11) is 0. The Balaban J connectivity index is 1.71. The summed E-state index contributed by atoms with van der Waals surface area (Å²) >= 11 is 0. The lowest BCUT2D eigenvalue weighted by Gasteiger charge is -2.49. The third-order valence-electron chi connectivity index (χ3n) is 7.03. The molecule has 23 heavy (non-hydrogen) atoms. The average molecular weight is 314 g/mol. The lowest BCUT2D eigenvalue weighted by molar-refractivity contribution is 0.0814. The Hall–Kier alpha value is -1.31. The van der Waals surface area contributed by atoms with Crippen LogP contribution in [0, 0.1) is 23.1 Å². The molecule has 0 radical (unpaired) electrons. The van der Waals surface area contributed by atoms with Crippen LogP contribution in [0.2, 0.25) is 0 Å². The van der Waals surface area contributed by atoms with Gasteiger partial charge >= 0.3 is 0 Å². The zero-order chi connectivity index (χ0) is 16.2. The molecule has 1 aromatic carbocycles. The van der Waals surface area contributed by atoms with Crippen molar-refractivity contribution in [1.82, 2.24) is 0 Å². The summed E-state index contributed by atoms with van der Waals surface area (Å²) in [6, 6.07) is 3.75. The molecule has 0 N–H and O–H groups in total. The molecular formula is C21H27FO. The van der Waals surface area contributed by atoms with Gasteiger partial charge in [-0.2, -0.15) is 0 Å². The summed E-state index contributed by atoms with van der Waals surface area (Å²) in [6.45, 7) is 9.24. The molecule has 1 nitrogen and oxygen atoms in total. The van der Waals surface area contributed by atoms with E-state index in [0.717, 1.165) is 18.3 Å². The van der Waals surface area contributed by atoms with Gasteiger partial charge in [-0.05, 0) is 91.9 Å². The first-order chi connectivity index (χ1) is 11.0. The molecule has 0 amide bonds. The van der Waals surface area contributed by atoms with Gasteiger partial charge in [0.25, 0.3) is 0 Å². The number of hydrogen-bond donors (Lipinski definition) is 0. The van der Waals surface area contributed by atoms with E-state index in [4.69, 9.17) is 4.74 Å². The largest absolute Gasteiger partial charge is 0.491 e. The van der Waals surface area contributed by atoms with Crippen LogP contribution in [0.5, 0.6) is 5.75 Å². The fraction of sp³-hybridized carbons (Fsp3) is 0.619. The van der Waals surface area contributed by atoms with Gasteiger partial charge in [-0.1, -0.05) is 19.1 Å². The first-order valence-corrected chi connectivity index (χ1v) is 9.18. The number of ether oxygens (including phenoxy) is 1. The molecule has 2 fully saturated rings. The molecule has 124 valence electrons. The van der Waals surface area contributed by atoms with E-state index in [-0.39, 0.29) is 5.82 Å². The maximum atomic E-state index is 14.2. The Kier molecular flexibility index (Phi) is 3.55. The predicted molar refractivity (Wildman–Crippen MR) is 91.3 cm³/mol. The molecule has 0 bridgehead atoms. The van der Waals surface area contributed by atoms with E-state index in [1.807, 2.05) is 13.0 Å². The monoisotopic (exact) mass is 314 g/mol. The smallest absolute Gasteiger partial charge is 0.165 e. The van der Waals surface area contributed by atoms with Gasteiger partial charge in [0.15, 0.2) is 11.6 Å². The number of rotatable bonds is 2. The fourth-order valence-corrected chi connectivity index (χ4v) is 5.74. The molecule has 0 spiro atoms. The van der Waals surface area contributed by atoms with Gasteiger partial charge in [0.05, 0.1) is 6.61 Å². The standard InChI is InChI=1S/C21H27FO/c1-4-23-20-12-17-14(11-19(20)22)6-7-16-15(17)9-10-21(3)13(2)5-8-18(16)21/h11-12,15-16,18H,2,4-10H2,1,3H3/t15?,16?,18?,21-/m1/s1. The molecule has 2 saturated carbocycles. The third kappa shape index (κ3) is 2.17. The Bertz CT molecular complexity index is 649. The second kappa shape index (κ2) is 5.36. The zero-order valence-corrected chi connectivity index (χ0v) is 14.3. The highest BCUT2D eigenvalue weighted by Gasteiger charge is 2.51. The summed E-state index contributed by atoms with van der Waals surface area (Å²) in [5.41, 5.74) is 4.40. The van der Waals surface area contributed by atoms with Gasteiger partial charge in [0.1, 0.15) is 0 Å². The Morgan fingerprint density at radius 3 is 2.87 bits per heavy atom. The van der Waals surface area contributed by atoms with Crippen molar-refractivity contribution >= 4 is 0 Å². The number of benzene rings is 1. The number of hydrogen-bond acceptors (Lipinski definition) is 1. The highest BCUT2D eigenvalue weighted by molar-refractivity contribution is 5.42. The van der Waals surface area contributed by atoms with Gasteiger partial charge in [-0.25, -0.2) is 4.39 Å². The van der Waals surface area contributed by atoms with Gasteiger partial charge < -0.3 is 4.74 Å². The van der Waals surface area contributed by atoms with E-state index in [9.17, 15) is 4.39 Å². The van der Waals surface area contributed by atoms with E-state index < -0.39 is 0 Å². The third-order valence-corrected chi connectivity index (χ3v) is 7.03. The van der Waals surface area contributed by atoms with Gasteiger partial charge in [-0.3, -0.25) is 0 Å². The zero-order valence-electron chi connectivity index (χ0n) is 14.3. The minimum absolute atomic E-state index is 0.195. The highest BCUT2D eigenvalue weighted by Crippen LogP contribution is 2.62. The summed E-state index contributed by atoms with van der Waals surface area (Å²) in [4.78, 5) is 0. The van der Waals surface area contributed by atoms with Crippen LogP contribution < -0.4 is 4.74 Å². The summed E-state index contributed by atoms with van der Waals surface area (Å²) in [5.74, 6) is 2.33. The minimum Gasteiger partial charge on any atom is -0.491 e. The van der Waals surface area contributed by atoms with E-state index >= 15 is 0 Å². The molecule has 0 aliphatic heterocycles. The number of fused-ring (bicyclic) bond motifs is 5. The highest BCUT2D eigenvalue weighted by atomic mass is 19.1. The van der Waals surface area contributed by atoms with Crippen molar-refractivity contribution in [3.63, 3.8) is 0 Å². The van der Waals surface area contributed by atoms with Crippen molar-refractivity contribution in [2.75, 3.05) is 6.61 Å². The van der Waals surface area contributed by atoms with Crippen LogP contribution in [0.1, 0.15) is 63.0 Å². The predicted octanol–water partition coefficient (Wildman–Crippen LogP) is 5.64. The topological polar surface area (TPSA) is 9.23 Å². The lowest BCUT2D eigenvalue weighted by atomic mass is 9.55. The molecule has 4 atom stereocenters. The number of allylic oxidation sites excluding steroid dienone is 1. The van der Waals surface area contributed by atoms with Crippen LogP contribution >= 0.6 is 0 Å². The summed E-state index contributed by atoms with van der Waals surface area (Å²) < 4.78 is 19.7. The number of halogens is 1. The Morgan fingerprint density at radius 1 is 1.26 bits per heavy atom. The van der Waals surface area contributed by atoms with Crippen LogP contribution in [0.25, 0.3) is 0 Å². The molecule has 3 aliphatic rings. The van der Waals surface area contributed by atoms with Crippen LogP contribution in [-0.2, 0) is 6.42 Å². The quantitative estimate of drug-likeness (QED) is 0.642. The molecule has 3 aliphatic carbocycles. The maximum Gasteiger partial charge on any atom is 0.165 e. The van der Waals surface area contributed by atoms with Gasteiger partial charge in [-0.15, -0.1) is 0 Å². The SMILES string of the molecule is C=C1CCC2C3CCc4cc(F)c(OCC)cc4C3CC[C@]12C. The first kappa shape index (κ1) is 15.2. The van der Waals surface area contributed by atoms with E-state index in [1.54, 1.807) is 6.07 Å². The van der Waals surface area contributed by atoms with Crippen molar-refractivity contribution < 1.29 is 9.13 Å². The summed E-state index contributed by atoms with van der Waals surface area (Å²) in [5, 5.41) is 0. The van der Waals surface area contributed by atoms with Crippen molar-refractivity contribution in [3.05, 3.63) is 41.2 Å². The average Bonchev–Trinajstić information content (AvgIpc) is 2.84. The second-order valence-corrected chi connectivity index (χ2v) is 7.93. The number of aryl methyl sites for hydroxylation is 1. The fourth-order valence-electron chi connectivity index (χ4n) is 5.74. The van der Waals surface area contributed by atoms with Crippen molar-refractivity contribution in [1.29, 1.82) is 0 Å². The molecule has 2 heteroatoms. The van der Waals surface area contributed by atoms with Crippen LogP contribution in [0.4, 0.5) is 4.39 Å². The van der Waals surface area contributed by atoms with Gasteiger partial charge in [0, 0.05) is 0 Å². The minimum atomic E-state index is -0.195. The molecule has 3 unspecified atom stereocenters. The van der Waals surface area contributed by atoms with Crippen molar-refractivity contribution in [3.8, 4) is 5.75 Å². The molecule has 0 heterocycles. The first-order valence-electron chi connectivity index (χ1n) is 9.18. The van der Waals surface area contributed by atoms with E-state index in [1.165, 1.54) is 48.8 Å². The molecule has 1 aromatic rings. The van der Waals surface area contributed by atoms with Crippen molar-refractivity contribution in [2.45, 2.75) is 58.3 Å². The Morgan fingerprint density at radius 2 is 2.09 bits per heavy atom. The second-order valence-electron chi connectivity index (χ2n) is 7.93. The maximum absolute atomic E-state index is 14.2. The Labute approximate surface area is 138 Å². The van der Waals surface area contributed by atoms with Crippen LogP contribution in [0.15, 0.2) is 24.3 Å².